The van der Waals surface area contributed by atoms with Crippen LogP contribution in [0.3, 0.4) is 0 Å². The number of benzene rings is 1. The van der Waals surface area contributed by atoms with Gasteiger partial charge in [0.05, 0.1) is 24.6 Å². The second kappa shape index (κ2) is 7.99. The van der Waals surface area contributed by atoms with Crippen LogP contribution in [0.15, 0.2) is 24.3 Å². The van der Waals surface area contributed by atoms with Gasteiger partial charge in [0.25, 0.3) is 0 Å². The Kier molecular flexibility index (Phi) is 6.02. The van der Waals surface area contributed by atoms with Gasteiger partial charge in [-0.15, -0.1) is 0 Å². The van der Waals surface area contributed by atoms with Crippen LogP contribution in [0.25, 0.3) is 0 Å². The fourth-order valence-electron chi connectivity index (χ4n) is 2.84. The summed E-state index contributed by atoms with van der Waals surface area (Å²) in [5.41, 5.74) is 0.650. The molecule has 1 aromatic rings. The molecule has 2 amide bonds. The van der Waals surface area contributed by atoms with Crippen LogP contribution in [0.1, 0.15) is 33.1 Å². The highest BCUT2D eigenvalue weighted by atomic mass is 16.5. The molecule has 2 rings (SSSR count). The van der Waals surface area contributed by atoms with Gasteiger partial charge in [-0.2, -0.15) is 0 Å². The Morgan fingerprint density at radius 3 is 2.43 bits per heavy atom. The first kappa shape index (κ1) is 17.3. The fourth-order valence-corrected chi connectivity index (χ4v) is 2.84. The van der Waals surface area contributed by atoms with Gasteiger partial charge in [-0.05, 0) is 31.4 Å². The third-order valence-corrected chi connectivity index (χ3v) is 4.11. The first-order chi connectivity index (χ1) is 11.1. The average Bonchev–Trinajstić information content (AvgIpc) is 3.35. The first-order valence-corrected chi connectivity index (χ1v) is 8.35. The van der Waals surface area contributed by atoms with Gasteiger partial charge in [0.2, 0.25) is 11.8 Å². The van der Waals surface area contributed by atoms with Crippen LogP contribution in [-0.2, 0) is 9.59 Å². The number of carbonyl (C=O) groups is 2. The number of carbonyl (C=O) groups excluding carboxylic acids is 2. The van der Waals surface area contributed by atoms with Crippen molar-refractivity contribution < 1.29 is 14.3 Å². The van der Waals surface area contributed by atoms with Crippen molar-refractivity contribution in [3.63, 3.8) is 0 Å². The smallest absolute Gasteiger partial charge is 0.228 e. The zero-order valence-corrected chi connectivity index (χ0v) is 14.2. The Hall–Kier alpha value is -2.04. The fraction of sp³-hybridized carbons (Fsp3) is 0.556. The van der Waals surface area contributed by atoms with Gasteiger partial charge < -0.3 is 15.0 Å². The lowest BCUT2D eigenvalue weighted by atomic mass is 10.2. The first-order valence-electron chi connectivity index (χ1n) is 8.35. The summed E-state index contributed by atoms with van der Waals surface area (Å²) < 4.78 is 5.23. The van der Waals surface area contributed by atoms with Gasteiger partial charge >= 0.3 is 0 Å². The maximum atomic E-state index is 12.5. The van der Waals surface area contributed by atoms with E-state index in [4.69, 9.17) is 4.74 Å². The molecule has 0 bridgehead atoms. The molecule has 2 unspecified atom stereocenters. The molecule has 0 spiro atoms. The minimum absolute atomic E-state index is 0.0965. The van der Waals surface area contributed by atoms with E-state index in [1.807, 2.05) is 17.0 Å². The van der Waals surface area contributed by atoms with Crippen molar-refractivity contribution in [2.45, 2.75) is 33.1 Å². The molecule has 0 saturated heterocycles. The van der Waals surface area contributed by atoms with E-state index in [9.17, 15) is 9.59 Å². The molecule has 2 atom stereocenters. The van der Waals surface area contributed by atoms with Crippen LogP contribution in [-0.4, -0.2) is 36.9 Å². The van der Waals surface area contributed by atoms with Gasteiger partial charge in [-0.25, -0.2) is 0 Å². The quantitative estimate of drug-likeness (QED) is 0.802. The summed E-state index contributed by atoms with van der Waals surface area (Å²) in [6.07, 6.45) is 2.52. The minimum Gasteiger partial charge on any atom is -0.495 e. The van der Waals surface area contributed by atoms with Crippen LogP contribution in [0, 0.1) is 11.8 Å². The number of hydrogen-bond donors (Lipinski definition) is 1. The van der Waals surface area contributed by atoms with Crippen molar-refractivity contribution in [1.82, 2.24) is 4.90 Å². The summed E-state index contributed by atoms with van der Waals surface area (Å²) >= 11 is 0. The molecule has 0 heterocycles. The molecule has 1 aromatic carbocycles. The Morgan fingerprint density at radius 1 is 1.17 bits per heavy atom. The normalized spacial score (nSPS) is 19.1. The highest BCUT2D eigenvalue weighted by molar-refractivity contribution is 6.00. The molecule has 1 aliphatic rings. The lowest BCUT2D eigenvalue weighted by Gasteiger charge is -2.21. The molecule has 1 fully saturated rings. The van der Waals surface area contributed by atoms with Crippen molar-refractivity contribution in [2.75, 3.05) is 25.5 Å². The zero-order chi connectivity index (χ0) is 16.8. The van der Waals surface area contributed by atoms with Crippen molar-refractivity contribution in [3.8, 4) is 5.75 Å². The Labute approximate surface area is 138 Å². The number of hydrogen-bond acceptors (Lipinski definition) is 3. The maximum Gasteiger partial charge on any atom is 0.228 e. The van der Waals surface area contributed by atoms with Crippen LogP contribution in [0.2, 0.25) is 0 Å². The van der Waals surface area contributed by atoms with Crippen LogP contribution < -0.4 is 10.1 Å². The lowest BCUT2D eigenvalue weighted by Crippen LogP contribution is -2.34. The maximum absolute atomic E-state index is 12.5. The molecular weight excluding hydrogens is 292 g/mol. The van der Waals surface area contributed by atoms with Crippen LogP contribution >= 0.6 is 0 Å². The number of amides is 2. The molecule has 23 heavy (non-hydrogen) atoms. The summed E-state index contributed by atoms with van der Waals surface area (Å²) in [5, 5.41) is 2.88. The topological polar surface area (TPSA) is 58.6 Å². The predicted octanol–water partition coefficient (Wildman–Crippen LogP) is 2.92. The number of rotatable bonds is 8. The van der Waals surface area contributed by atoms with Gasteiger partial charge in [0.15, 0.2) is 0 Å². The van der Waals surface area contributed by atoms with Crippen molar-refractivity contribution in [1.29, 1.82) is 0 Å². The monoisotopic (exact) mass is 318 g/mol. The standard InChI is InChI=1S/C18H26N2O3/c1-4-10-20(11-5-2)18(22)14-12-13(14)17(21)19-15-8-6-7-9-16(15)23-3/h6-9,13-14H,4-5,10-12H2,1-3H3,(H,19,21). The molecule has 1 aliphatic carbocycles. The molecule has 126 valence electrons. The van der Waals surface area contributed by atoms with Crippen molar-refractivity contribution >= 4 is 17.5 Å². The zero-order valence-electron chi connectivity index (χ0n) is 14.2. The summed E-state index contributed by atoms with van der Waals surface area (Å²) in [7, 11) is 1.57. The van der Waals surface area contributed by atoms with Crippen LogP contribution in [0.4, 0.5) is 5.69 Å². The van der Waals surface area contributed by atoms with Crippen molar-refractivity contribution in [3.05, 3.63) is 24.3 Å². The summed E-state index contributed by atoms with van der Waals surface area (Å²) in [5.74, 6) is 0.268. The highest BCUT2D eigenvalue weighted by Crippen LogP contribution is 2.41. The predicted molar refractivity (Wildman–Crippen MR) is 90.4 cm³/mol. The Bertz CT molecular complexity index is 553. The van der Waals surface area contributed by atoms with Gasteiger partial charge in [0.1, 0.15) is 5.75 Å². The number of nitrogens with zero attached hydrogens (tertiary/aromatic N) is 1. The average molecular weight is 318 g/mol. The number of ether oxygens (including phenoxy) is 1. The third-order valence-electron chi connectivity index (χ3n) is 4.11. The molecule has 0 radical (unpaired) electrons. The summed E-state index contributed by atoms with van der Waals surface area (Å²) in [6.45, 7) is 5.66. The highest BCUT2D eigenvalue weighted by Gasteiger charge is 2.49. The molecule has 0 aliphatic heterocycles. The number of nitrogens with one attached hydrogen (secondary N) is 1. The Morgan fingerprint density at radius 2 is 1.83 bits per heavy atom. The molecular formula is C18H26N2O3. The molecule has 1 saturated carbocycles. The van der Waals surface area contributed by atoms with Gasteiger partial charge in [-0.3, -0.25) is 9.59 Å². The minimum atomic E-state index is -0.219. The van der Waals surface area contributed by atoms with E-state index in [-0.39, 0.29) is 23.7 Å². The molecule has 5 heteroatoms. The van der Waals surface area contributed by atoms with E-state index in [2.05, 4.69) is 19.2 Å². The molecule has 1 N–H and O–H groups in total. The second-order valence-corrected chi connectivity index (χ2v) is 5.96. The van der Waals surface area contributed by atoms with Gasteiger partial charge in [0, 0.05) is 13.1 Å². The number of methoxy groups -OCH3 is 1. The van der Waals surface area contributed by atoms with E-state index in [1.54, 1.807) is 19.2 Å². The lowest BCUT2D eigenvalue weighted by molar-refractivity contribution is -0.134. The number of para-hydroxylation sites is 2. The molecule has 0 aromatic heterocycles. The van der Waals surface area contributed by atoms with Crippen LogP contribution in [0.5, 0.6) is 5.75 Å². The van der Waals surface area contributed by atoms with E-state index in [1.165, 1.54) is 0 Å². The van der Waals surface area contributed by atoms with E-state index < -0.39 is 0 Å². The summed E-state index contributed by atoms with van der Waals surface area (Å²) in [4.78, 5) is 26.7. The summed E-state index contributed by atoms with van der Waals surface area (Å²) in [6, 6.07) is 7.30. The largest absolute Gasteiger partial charge is 0.495 e. The SMILES string of the molecule is CCCN(CCC)C(=O)C1CC1C(=O)Nc1ccccc1OC. The Balaban J connectivity index is 1.94. The second-order valence-electron chi connectivity index (χ2n) is 5.96. The van der Waals surface area contributed by atoms with E-state index in [0.717, 1.165) is 25.9 Å². The van der Waals surface area contributed by atoms with Gasteiger partial charge in [-0.1, -0.05) is 26.0 Å². The van der Waals surface area contributed by atoms with E-state index in [0.29, 0.717) is 17.9 Å². The number of anilines is 1. The van der Waals surface area contributed by atoms with Crippen molar-refractivity contribution in [2.24, 2.45) is 11.8 Å². The third kappa shape index (κ3) is 4.24. The molecule has 5 nitrogen and oxygen atoms in total. The van der Waals surface area contributed by atoms with E-state index >= 15 is 0 Å².